The van der Waals surface area contributed by atoms with Crippen molar-refractivity contribution in [3.8, 4) is 0 Å². The van der Waals surface area contributed by atoms with Crippen LogP contribution >= 0.6 is 0 Å². The highest BCUT2D eigenvalue weighted by Gasteiger charge is 2.06. The van der Waals surface area contributed by atoms with Gasteiger partial charge >= 0.3 is 5.97 Å². The molecule has 0 saturated carbocycles. The molecule has 15 heavy (non-hydrogen) atoms. The maximum atomic E-state index is 10.4. The van der Waals surface area contributed by atoms with Crippen LogP contribution in [0, 0.1) is 0 Å². The lowest BCUT2D eigenvalue weighted by Gasteiger charge is -2.21. The molecule has 0 aliphatic rings. The molecule has 0 bridgehead atoms. The standard InChI is InChI=1S/C10H22N2O3/c1-11(2)5-3-6-12(8-9-13)7-4-10(14)15/h13H,3-9H2,1-2H3,(H,14,15). The van der Waals surface area contributed by atoms with E-state index in [-0.39, 0.29) is 13.0 Å². The molecular formula is C10H22N2O3. The maximum Gasteiger partial charge on any atom is 0.304 e. The van der Waals surface area contributed by atoms with Crippen LogP contribution in [-0.2, 0) is 4.79 Å². The number of aliphatic hydroxyl groups excluding tert-OH is 1. The number of hydrogen-bond donors (Lipinski definition) is 2. The molecule has 0 spiro atoms. The van der Waals surface area contributed by atoms with Gasteiger partial charge in [0, 0.05) is 13.1 Å². The summed E-state index contributed by atoms with van der Waals surface area (Å²) in [4.78, 5) is 14.5. The minimum Gasteiger partial charge on any atom is -0.481 e. The highest BCUT2D eigenvalue weighted by Crippen LogP contribution is 1.95. The number of carboxylic acid groups (broad SMARTS) is 1. The molecule has 0 aromatic rings. The van der Waals surface area contributed by atoms with Crippen molar-refractivity contribution in [1.29, 1.82) is 0 Å². The Hall–Kier alpha value is -0.650. The van der Waals surface area contributed by atoms with Crippen molar-refractivity contribution < 1.29 is 15.0 Å². The van der Waals surface area contributed by atoms with Gasteiger partial charge in [-0.1, -0.05) is 0 Å². The normalized spacial score (nSPS) is 11.3. The molecule has 2 N–H and O–H groups in total. The number of carbonyl (C=O) groups is 1. The fraction of sp³-hybridized carbons (Fsp3) is 0.900. The molecule has 90 valence electrons. The molecule has 0 aromatic heterocycles. The number of nitrogens with zero attached hydrogens (tertiary/aromatic N) is 2. The lowest BCUT2D eigenvalue weighted by Crippen LogP contribution is -2.31. The number of hydrogen-bond acceptors (Lipinski definition) is 4. The first-order chi connectivity index (χ1) is 7.06. The highest BCUT2D eigenvalue weighted by atomic mass is 16.4. The van der Waals surface area contributed by atoms with Gasteiger partial charge in [-0.25, -0.2) is 0 Å². The van der Waals surface area contributed by atoms with Gasteiger partial charge in [-0.3, -0.25) is 4.79 Å². The first-order valence-corrected chi connectivity index (χ1v) is 5.26. The Morgan fingerprint density at radius 3 is 2.27 bits per heavy atom. The van der Waals surface area contributed by atoms with E-state index in [9.17, 15) is 4.79 Å². The van der Waals surface area contributed by atoms with Crippen molar-refractivity contribution in [2.75, 3.05) is 46.9 Å². The SMILES string of the molecule is CN(C)CCCN(CCO)CCC(=O)O. The summed E-state index contributed by atoms with van der Waals surface area (Å²) in [6, 6.07) is 0. The van der Waals surface area contributed by atoms with Crippen LogP contribution in [-0.4, -0.2) is 72.9 Å². The van der Waals surface area contributed by atoms with Crippen molar-refractivity contribution in [3.05, 3.63) is 0 Å². The van der Waals surface area contributed by atoms with E-state index in [4.69, 9.17) is 10.2 Å². The Balaban J connectivity index is 3.67. The van der Waals surface area contributed by atoms with Crippen LogP contribution in [0.25, 0.3) is 0 Å². The van der Waals surface area contributed by atoms with Gasteiger partial charge < -0.3 is 20.0 Å². The van der Waals surface area contributed by atoms with E-state index in [1.165, 1.54) is 0 Å². The van der Waals surface area contributed by atoms with E-state index in [0.717, 1.165) is 19.5 Å². The lowest BCUT2D eigenvalue weighted by molar-refractivity contribution is -0.137. The van der Waals surface area contributed by atoms with E-state index >= 15 is 0 Å². The Labute approximate surface area is 91.3 Å². The third-order valence-electron chi connectivity index (χ3n) is 2.14. The van der Waals surface area contributed by atoms with Crippen LogP contribution in [0.5, 0.6) is 0 Å². The molecular weight excluding hydrogens is 196 g/mol. The predicted molar refractivity (Wildman–Crippen MR) is 58.9 cm³/mol. The molecule has 0 rings (SSSR count). The summed E-state index contributed by atoms with van der Waals surface area (Å²) in [6.45, 7) is 2.98. The minimum atomic E-state index is -0.787. The van der Waals surface area contributed by atoms with Gasteiger partial charge in [-0.15, -0.1) is 0 Å². The van der Waals surface area contributed by atoms with E-state index in [2.05, 4.69) is 4.90 Å². The first-order valence-electron chi connectivity index (χ1n) is 5.26. The predicted octanol–water partition coefficient (Wildman–Crippen LogP) is -0.293. The Kier molecular flexibility index (Phi) is 8.27. The number of rotatable bonds is 9. The average Bonchev–Trinajstić information content (AvgIpc) is 2.13. The summed E-state index contributed by atoms with van der Waals surface area (Å²) in [5.41, 5.74) is 0. The van der Waals surface area contributed by atoms with Crippen LogP contribution in [0.3, 0.4) is 0 Å². The van der Waals surface area contributed by atoms with Gasteiger partial charge in [0.2, 0.25) is 0 Å². The topological polar surface area (TPSA) is 64.0 Å². The molecule has 0 heterocycles. The zero-order chi connectivity index (χ0) is 11.7. The van der Waals surface area contributed by atoms with E-state index < -0.39 is 5.97 Å². The van der Waals surface area contributed by atoms with Crippen molar-refractivity contribution in [2.24, 2.45) is 0 Å². The van der Waals surface area contributed by atoms with Crippen molar-refractivity contribution in [2.45, 2.75) is 12.8 Å². The quantitative estimate of drug-likeness (QED) is 0.556. The molecule has 0 amide bonds. The summed E-state index contributed by atoms with van der Waals surface area (Å²) >= 11 is 0. The average molecular weight is 218 g/mol. The molecule has 0 atom stereocenters. The number of aliphatic carboxylic acids is 1. The summed E-state index contributed by atoms with van der Waals surface area (Å²) in [5.74, 6) is -0.787. The maximum absolute atomic E-state index is 10.4. The second kappa shape index (κ2) is 8.64. The number of carboxylic acids is 1. The van der Waals surface area contributed by atoms with Crippen LogP contribution in [0.2, 0.25) is 0 Å². The molecule has 0 radical (unpaired) electrons. The van der Waals surface area contributed by atoms with Gasteiger partial charge in [0.05, 0.1) is 13.0 Å². The smallest absolute Gasteiger partial charge is 0.304 e. The third kappa shape index (κ3) is 9.65. The van der Waals surface area contributed by atoms with Crippen LogP contribution in [0.15, 0.2) is 0 Å². The summed E-state index contributed by atoms with van der Waals surface area (Å²) in [7, 11) is 4.02. The second-order valence-electron chi connectivity index (χ2n) is 3.87. The van der Waals surface area contributed by atoms with E-state index in [1.807, 2.05) is 19.0 Å². The van der Waals surface area contributed by atoms with Gasteiger partial charge in [-0.2, -0.15) is 0 Å². The van der Waals surface area contributed by atoms with Crippen molar-refractivity contribution in [1.82, 2.24) is 9.80 Å². The van der Waals surface area contributed by atoms with E-state index in [1.54, 1.807) is 0 Å². The Bertz CT molecular complexity index is 174. The Morgan fingerprint density at radius 2 is 1.80 bits per heavy atom. The molecule has 0 fully saturated rings. The van der Waals surface area contributed by atoms with Crippen molar-refractivity contribution >= 4 is 5.97 Å². The first kappa shape index (κ1) is 14.3. The number of aliphatic hydroxyl groups is 1. The molecule has 0 aliphatic carbocycles. The monoisotopic (exact) mass is 218 g/mol. The van der Waals surface area contributed by atoms with E-state index in [0.29, 0.717) is 13.1 Å². The lowest BCUT2D eigenvalue weighted by atomic mass is 10.3. The third-order valence-corrected chi connectivity index (χ3v) is 2.14. The molecule has 5 heteroatoms. The molecule has 5 nitrogen and oxygen atoms in total. The molecule has 0 unspecified atom stereocenters. The zero-order valence-electron chi connectivity index (χ0n) is 9.65. The van der Waals surface area contributed by atoms with Crippen LogP contribution < -0.4 is 0 Å². The highest BCUT2D eigenvalue weighted by molar-refractivity contribution is 5.66. The van der Waals surface area contributed by atoms with Gasteiger partial charge in [0.25, 0.3) is 0 Å². The summed E-state index contributed by atoms with van der Waals surface area (Å²) < 4.78 is 0. The molecule has 0 aliphatic heterocycles. The van der Waals surface area contributed by atoms with Gasteiger partial charge in [-0.05, 0) is 33.6 Å². The molecule has 0 saturated heterocycles. The summed E-state index contributed by atoms with van der Waals surface area (Å²) in [5, 5.41) is 17.4. The fourth-order valence-corrected chi connectivity index (χ4v) is 1.34. The molecule has 0 aromatic carbocycles. The van der Waals surface area contributed by atoms with Crippen LogP contribution in [0.1, 0.15) is 12.8 Å². The van der Waals surface area contributed by atoms with Crippen molar-refractivity contribution in [3.63, 3.8) is 0 Å². The summed E-state index contributed by atoms with van der Waals surface area (Å²) in [6.07, 6.45) is 1.13. The van der Waals surface area contributed by atoms with Gasteiger partial charge in [0.1, 0.15) is 0 Å². The minimum absolute atomic E-state index is 0.0849. The Morgan fingerprint density at radius 1 is 1.13 bits per heavy atom. The fourth-order valence-electron chi connectivity index (χ4n) is 1.34. The van der Waals surface area contributed by atoms with Crippen LogP contribution in [0.4, 0.5) is 0 Å². The second-order valence-corrected chi connectivity index (χ2v) is 3.87. The largest absolute Gasteiger partial charge is 0.481 e. The van der Waals surface area contributed by atoms with Gasteiger partial charge in [0.15, 0.2) is 0 Å². The zero-order valence-corrected chi connectivity index (χ0v) is 9.65.